The molecule has 0 bridgehead atoms. The molecule has 3 rings (SSSR count). The number of hydrogen-bond donors (Lipinski definition) is 1. The number of nitrogens with one attached hydrogen (secondary N) is 1. The molecule has 0 atom stereocenters. The van der Waals surface area contributed by atoms with Gasteiger partial charge in [0.25, 0.3) is 0 Å². The minimum atomic E-state index is -0.194. The van der Waals surface area contributed by atoms with Crippen LogP contribution < -0.4 is 29.0 Å². The highest BCUT2D eigenvalue weighted by atomic mass is 16.5. The van der Waals surface area contributed by atoms with E-state index in [2.05, 4.69) is 10.4 Å². The highest BCUT2D eigenvalue weighted by Gasteiger charge is 2.18. The summed E-state index contributed by atoms with van der Waals surface area (Å²) in [6, 6.07) is 9.35. The molecule has 33 heavy (non-hydrogen) atoms. The lowest BCUT2D eigenvalue weighted by Gasteiger charge is -2.15. The fraction of sp³-hybridized carbons (Fsp3) is 0.333. The normalized spacial score (nSPS) is 10.5. The van der Waals surface area contributed by atoms with Gasteiger partial charge in [-0.3, -0.25) is 9.48 Å². The van der Waals surface area contributed by atoms with Crippen molar-refractivity contribution < 1.29 is 28.5 Å². The van der Waals surface area contributed by atoms with E-state index in [1.165, 1.54) is 14.2 Å². The summed E-state index contributed by atoms with van der Waals surface area (Å²) < 4.78 is 28.5. The van der Waals surface area contributed by atoms with Gasteiger partial charge < -0.3 is 29.0 Å². The Labute approximate surface area is 193 Å². The molecule has 1 aromatic heterocycles. The Morgan fingerprint density at radius 1 is 0.879 bits per heavy atom. The molecule has 9 nitrogen and oxygen atoms in total. The van der Waals surface area contributed by atoms with Gasteiger partial charge in [-0.2, -0.15) is 5.10 Å². The van der Waals surface area contributed by atoms with E-state index in [-0.39, 0.29) is 12.3 Å². The second-order valence-electron chi connectivity index (χ2n) is 7.15. The third-order valence-corrected chi connectivity index (χ3v) is 5.13. The molecule has 176 valence electrons. The molecular formula is C24H29N3O6. The number of benzene rings is 2. The number of rotatable bonds is 11. The highest BCUT2D eigenvalue weighted by Crippen LogP contribution is 2.40. The van der Waals surface area contributed by atoms with E-state index in [4.69, 9.17) is 23.7 Å². The summed E-state index contributed by atoms with van der Waals surface area (Å²) in [6.07, 6.45) is 4.28. The summed E-state index contributed by atoms with van der Waals surface area (Å²) in [5.41, 5.74) is 2.40. The van der Waals surface area contributed by atoms with Crippen LogP contribution in [0.2, 0.25) is 0 Å². The lowest BCUT2D eigenvalue weighted by Crippen LogP contribution is -2.15. The predicted octanol–water partition coefficient (Wildman–Crippen LogP) is 3.35. The molecule has 0 aliphatic rings. The summed E-state index contributed by atoms with van der Waals surface area (Å²) in [7, 11) is 7.83. The number of hydrogen-bond acceptors (Lipinski definition) is 7. The number of nitrogens with zero attached hydrogens (tertiary/aromatic N) is 2. The van der Waals surface area contributed by atoms with Gasteiger partial charge in [0.05, 0.1) is 53.9 Å². The lowest BCUT2D eigenvalue weighted by molar-refractivity contribution is -0.115. The molecule has 0 saturated heterocycles. The van der Waals surface area contributed by atoms with Crippen molar-refractivity contribution in [3.05, 3.63) is 53.9 Å². The van der Waals surface area contributed by atoms with Gasteiger partial charge in [0, 0.05) is 18.3 Å². The maximum Gasteiger partial charge on any atom is 0.229 e. The number of amides is 1. The van der Waals surface area contributed by atoms with E-state index in [1.54, 1.807) is 50.5 Å². The van der Waals surface area contributed by atoms with Crippen LogP contribution in [-0.2, 0) is 24.2 Å². The number of methoxy groups -OCH3 is 5. The highest BCUT2D eigenvalue weighted by molar-refractivity contribution is 5.92. The number of carbonyl (C=O) groups is 1. The molecule has 0 aliphatic carbocycles. The zero-order valence-corrected chi connectivity index (χ0v) is 19.5. The van der Waals surface area contributed by atoms with Crippen molar-refractivity contribution in [1.29, 1.82) is 0 Å². The molecule has 0 radical (unpaired) electrons. The van der Waals surface area contributed by atoms with Gasteiger partial charge in [-0.1, -0.05) is 12.1 Å². The minimum Gasteiger partial charge on any atom is -0.493 e. The average molecular weight is 456 g/mol. The molecule has 9 heteroatoms. The Morgan fingerprint density at radius 2 is 1.58 bits per heavy atom. The van der Waals surface area contributed by atoms with E-state index >= 15 is 0 Å². The van der Waals surface area contributed by atoms with Crippen LogP contribution in [0.15, 0.2) is 42.7 Å². The Morgan fingerprint density at radius 3 is 2.24 bits per heavy atom. The molecule has 0 spiro atoms. The van der Waals surface area contributed by atoms with Gasteiger partial charge in [-0.25, -0.2) is 0 Å². The predicted molar refractivity (Wildman–Crippen MR) is 124 cm³/mol. The molecule has 2 aromatic carbocycles. The van der Waals surface area contributed by atoms with Crippen molar-refractivity contribution in [2.45, 2.75) is 19.4 Å². The van der Waals surface area contributed by atoms with E-state index < -0.39 is 0 Å². The second-order valence-corrected chi connectivity index (χ2v) is 7.15. The summed E-state index contributed by atoms with van der Waals surface area (Å²) in [5.74, 6) is 2.64. The van der Waals surface area contributed by atoms with Crippen LogP contribution in [0.4, 0.5) is 5.69 Å². The van der Waals surface area contributed by atoms with Crippen LogP contribution in [0.1, 0.15) is 11.1 Å². The lowest BCUT2D eigenvalue weighted by atomic mass is 10.1. The van der Waals surface area contributed by atoms with Crippen molar-refractivity contribution in [3.8, 4) is 28.7 Å². The van der Waals surface area contributed by atoms with Crippen LogP contribution >= 0.6 is 0 Å². The molecule has 1 heterocycles. The third kappa shape index (κ3) is 5.68. The standard InChI is InChI=1S/C24H29N3O6/c1-29-19-8-6-16(12-21(19)31-3)10-11-27-15-18(14-25-27)26-22(28)13-17-7-9-20(30-2)24(33-5)23(17)32-4/h6-9,12,14-15H,10-11,13H2,1-5H3,(H,26,28). The van der Waals surface area contributed by atoms with Gasteiger partial charge in [0.1, 0.15) is 0 Å². The van der Waals surface area contributed by atoms with E-state index in [1.807, 2.05) is 18.2 Å². The first kappa shape index (κ1) is 23.8. The fourth-order valence-corrected chi connectivity index (χ4v) is 3.51. The van der Waals surface area contributed by atoms with Gasteiger partial charge in [-0.15, -0.1) is 0 Å². The third-order valence-electron chi connectivity index (χ3n) is 5.13. The fourth-order valence-electron chi connectivity index (χ4n) is 3.51. The van der Waals surface area contributed by atoms with Crippen molar-refractivity contribution in [2.24, 2.45) is 0 Å². The van der Waals surface area contributed by atoms with Crippen molar-refractivity contribution in [2.75, 3.05) is 40.9 Å². The topological polar surface area (TPSA) is 93.1 Å². The Kier molecular flexibility index (Phi) is 8.01. The van der Waals surface area contributed by atoms with Crippen molar-refractivity contribution >= 4 is 11.6 Å². The van der Waals surface area contributed by atoms with Crippen LogP contribution in [0.3, 0.4) is 0 Å². The zero-order valence-electron chi connectivity index (χ0n) is 19.5. The van der Waals surface area contributed by atoms with E-state index in [9.17, 15) is 4.79 Å². The SMILES string of the molecule is COc1ccc(CCn2cc(NC(=O)Cc3ccc(OC)c(OC)c3OC)cn2)cc1OC. The second kappa shape index (κ2) is 11.1. The number of carbonyl (C=O) groups excluding carboxylic acids is 1. The minimum absolute atomic E-state index is 0.111. The number of ether oxygens (including phenoxy) is 5. The maximum absolute atomic E-state index is 12.6. The molecule has 0 aliphatic heterocycles. The smallest absolute Gasteiger partial charge is 0.229 e. The van der Waals surface area contributed by atoms with Gasteiger partial charge in [-0.05, 0) is 30.2 Å². The Hall–Kier alpha value is -3.88. The quantitative estimate of drug-likeness (QED) is 0.474. The van der Waals surface area contributed by atoms with E-state index in [0.717, 1.165) is 12.0 Å². The summed E-state index contributed by atoms with van der Waals surface area (Å²) in [4.78, 5) is 12.6. The molecule has 3 aromatic rings. The largest absolute Gasteiger partial charge is 0.493 e. The molecule has 1 amide bonds. The van der Waals surface area contributed by atoms with Gasteiger partial charge >= 0.3 is 0 Å². The first-order valence-corrected chi connectivity index (χ1v) is 10.3. The summed E-state index contributed by atoms with van der Waals surface area (Å²) in [6.45, 7) is 0.648. The monoisotopic (exact) mass is 455 g/mol. The van der Waals surface area contributed by atoms with Crippen LogP contribution in [0.5, 0.6) is 28.7 Å². The molecular weight excluding hydrogens is 426 g/mol. The van der Waals surface area contributed by atoms with Gasteiger partial charge in [0.2, 0.25) is 11.7 Å². The van der Waals surface area contributed by atoms with Crippen LogP contribution in [0.25, 0.3) is 0 Å². The Bertz CT molecular complexity index is 1100. The van der Waals surface area contributed by atoms with Crippen LogP contribution in [-0.4, -0.2) is 51.2 Å². The number of anilines is 1. The first-order valence-electron chi connectivity index (χ1n) is 10.3. The van der Waals surface area contributed by atoms with Crippen molar-refractivity contribution in [3.63, 3.8) is 0 Å². The summed E-state index contributed by atoms with van der Waals surface area (Å²) in [5, 5.41) is 7.21. The Balaban J connectivity index is 1.61. The number of aryl methyl sites for hydroxylation is 2. The van der Waals surface area contributed by atoms with E-state index in [0.29, 0.717) is 46.5 Å². The molecule has 0 fully saturated rings. The van der Waals surface area contributed by atoms with Gasteiger partial charge in [0.15, 0.2) is 23.0 Å². The maximum atomic E-state index is 12.6. The number of aromatic nitrogens is 2. The zero-order chi connectivity index (χ0) is 23.8. The molecule has 1 N–H and O–H groups in total. The van der Waals surface area contributed by atoms with Crippen molar-refractivity contribution in [1.82, 2.24) is 9.78 Å². The average Bonchev–Trinajstić information content (AvgIpc) is 3.28. The summed E-state index contributed by atoms with van der Waals surface area (Å²) >= 11 is 0. The molecule has 0 saturated carbocycles. The van der Waals surface area contributed by atoms with Crippen LogP contribution in [0, 0.1) is 0 Å². The first-order chi connectivity index (χ1) is 16.0. The molecule has 0 unspecified atom stereocenters.